The fourth-order valence-corrected chi connectivity index (χ4v) is 1.98. The van der Waals surface area contributed by atoms with Gasteiger partial charge >= 0.3 is 0 Å². The van der Waals surface area contributed by atoms with Crippen LogP contribution in [0.15, 0.2) is 21.5 Å². The van der Waals surface area contributed by atoms with Crippen molar-refractivity contribution in [2.75, 3.05) is 27.0 Å². The molecule has 0 bridgehead atoms. The molecule has 0 aliphatic carbocycles. The van der Waals surface area contributed by atoms with Crippen LogP contribution < -0.4 is 0 Å². The van der Waals surface area contributed by atoms with Gasteiger partial charge in [-0.15, -0.1) is 11.8 Å². The van der Waals surface area contributed by atoms with Crippen LogP contribution in [-0.4, -0.2) is 48.2 Å². The zero-order valence-electron chi connectivity index (χ0n) is 9.93. The van der Waals surface area contributed by atoms with Crippen molar-refractivity contribution >= 4 is 23.0 Å². The lowest BCUT2D eigenvalue weighted by atomic mass is 10.2. The van der Waals surface area contributed by atoms with Crippen LogP contribution >= 0.6 is 11.8 Å². The molecular weight excluding hydrogens is 222 g/mol. The molecule has 1 aliphatic heterocycles. The Bertz CT molecular complexity index is 389. The van der Waals surface area contributed by atoms with Crippen LogP contribution in [0.3, 0.4) is 0 Å². The molecule has 1 heterocycles. The molecule has 86 valence electrons. The van der Waals surface area contributed by atoms with Crippen molar-refractivity contribution in [3.05, 3.63) is 11.4 Å². The maximum absolute atomic E-state index is 9.19. The highest BCUT2D eigenvalue weighted by molar-refractivity contribution is 8.13. The number of thioether (sulfide) groups is 1. The Balaban J connectivity index is 3.23. The predicted molar refractivity (Wildman–Crippen MR) is 68.1 cm³/mol. The van der Waals surface area contributed by atoms with Crippen molar-refractivity contribution in [3.8, 4) is 6.07 Å². The molecule has 0 atom stereocenters. The predicted octanol–water partition coefficient (Wildman–Crippen LogP) is 1.32. The molecule has 0 saturated carbocycles. The molecular formula is C10H15N5S. The number of hydrazone groups is 1. The summed E-state index contributed by atoms with van der Waals surface area (Å²) in [6, 6.07) is 2.20. The van der Waals surface area contributed by atoms with Crippen LogP contribution in [0.1, 0.15) is 6.92 Å². The first-order valence-corrected chi connectivity index (χ1v) is 6.04. The van der Waals surface area contributed by atoms with Crippen LogP contribution in [0.5, 0.6) is 0 Å². The molecule has 0 radical (unpaired) electrons. The van der Waals surface area contributed by atoms with Gasteiger partial charge in [-0.25, -0.2) is 5.01 Å². The van der Waals surface area contributed by atoms with E-state index in [0.29, 0.717) is 12.2 Å². The number of aliphatic imine (C=N–C) groups is 1. The van der Waals surface area contributed by atoms with Crippen molar-refractivity contribution in [1.82, 2.24) is 9.91 Å². The van der Waals surface area contributed by atoms with Crippen LogP contribution in [0.2, 0.25) is 0 Å². The van der Waals surface area contributed by atoms with Gasteiger partial charge in [-0.1, -0.05) is 0 Å². The van der Waals surface area contributed by atoms with Crippen molar-refractivity contribution in [2.24, 2.45) is 10.1 Å². The molecule has 0 amide bonds. The van der Waals surface area contributed by atoms with Gasteiger partial charge in [0.1, 0.15) is 29.2 Å². The van der Waals surface area contributed by atoms with Gasteiger partial charge < -0.3 is 4.90 Å². The minimum Gasteiger partial charge on any atom is -0.362 e. The van der Waals surface area contributed by atoms with Crippen molar-refractivity contribution in [3.63, 3.8) is 0 Å². The van der Waals surface area contributed by atoms with Crippen molar-refractivity contribution in [1.29, 1.82) is 5.26 Å². The van der Waals surface area contributed by atoms with Crippen LogP contribution in [0.25, 0.3) is 0 Å². The number of rotatable bonds is 2. The third kappa shape index (κ3) is 2.36. The molecule has 6 heteroatoms. The third-order valence-electron chi connectivity index (χ3n) is 2.01. The Morgan fingerprint density at radius 2 is 2.31 bits per heavy atom. The number of nitrogens with zero attached hydrogens (tertiary/aromatic N) is 5. The average molecular weight is 237 g/mol. The lowest BCUT2D eigenvalue weighted by molar-refractivity contribution is 0.269. The van der Waals surface area contributed by atoms with Crippen LogP contribution in [0, 0.1) is 11.3 Å². The molecule has 1 aliphatic rings. The maximum atomic E-state index is 9.19. The average Bonchev–Trinajstić information content (AvgIpc) is 2.28. The molecule has 16 heavy (non-hydrogen) atoms. The van der Waals surface area contributed by atoms with E-state index in [2.05, 4.69) is 16.2 Å². The summed E-state index contributed by atoms with van der Waals surface area (Å²) in [6.45, 7) is 2.30. The van der Waals surface area contributed by atoms with Crippen molar-refractivity contribution < 1.29 is 0 Å². The highest BCUT2D eigenvalue weighted by atomic mass is 32.2. The molecule has 0 aromatic heterocycles. The van der Waals surface area contributed by atoms with E-state index in [1.54, 1.807) is 11.2 Å². The molecule has 5 nitrogen and oxygen atoms in total. The minimum atomic E-state index is 0.458. The molecule has 0 fully saturated rings. The first kappa shape index (κ1) is 12.6. The van der Waals surface area contributed by atoms with E-state index >= 15 is 0 Å². The summed E-state index contributed by atoms with van der Waals surface area (Å²) in [5.41, 5.74) is 0.578. The van der Waals surface area contributed by atoms with Gasteiger partial charge in [0.15, 0.2) is 0 Å². The summed E-state index contributed by atoms with van der Waals surface area (Å²) in [7, 11) is 3.79. The van der Waals surface area contributed by atoms with E-state index in [-0.39, 0.29) is 0 Å². The van der Waals surface area contributed by atoms with Gasteiger partial charge in [0.25, 0.3) is 0 Å². The summed E-state index contributed by atoms with van der Waals surface area (Å²) < 4.78 is 0. The van der Waals surface area contributed by atoms with Gasteiger partial charge in [-0.3, -0.25) is 4.99 Å². The molecule has 0 N–H and O–H groups in total. The Morgan fingerprint density at radius 3 is 2.75 bits per heavy atom. The molecule has 0 aromatic rings. The fourth-order valence-electron chi connectivity index (χ4n) is 1.45. The molecule has 0 spiro atoms. The van der Waals surface area contributed by atoms with E-state index in [1.165, 1.54) is 11.8 Å². The van der Waals surface area contributed by atoms with Crippen LogP contribution in [0.4, 0.5) is 0 Å². The van der Waals surface area contributed by atoms with E-state index in [1.807, 2.05) is 32.2 Å². The summed E-state index contributed by atoms with van der Waals surface area (Å²) in [4.78, 5) is 6.20. The molecule has 0 aromatic carbocycles. The number of nitriles is 1. The zero-order chi connectivity index (χ0) is 12.1. The van der Waals surface area contributed by atoms with Gasteiger partial charge in [0.2, 0.25) is 0 Å². The standard InChI is InChI=1S/C10H15N5S/c1-5-13-15-7-12-9(16-4)8(6-11)10(15)14(2)3/h5H,7H2,1-4H3/b13-5-. The zero-order valence-corrected chi connectivity index (χ0v) is 10.7. The topological polar surface area (TPSA) is 55.0 Å². The van der Waals surface area contributed by atoms with E-state index in [4.69, 9.17) is 0 Å². The molecule has 0 saturated heterocycles. The third-order valence-corrected chi connectivity index (χ3v) is 2.73. The van der Waals surface area contributed by atoms with E-state index in [0.717, 1.165) is 10.9 Å². The highest BCUT2D eigenvalue weighted by Gasteiger charge is 2.24. The maximum Gasteiger partial charge on any atom is 0.147 e. The second-order valence-corrected chi connectivity index (χ2v) is 4.08. The summed E-state index contributed by atoms with van der Waals surface area (Å²) >= 11 is 1.48. The summed E-state index contributed by atoms with van der Waals surface area (Å²) in [5, 5.41) is 15.9. The Kier molecular flexibility index (Phi) is 4.38. The first-order valence-electron chi connectivity index (χ1n) is 4.82. The largest absolute Gasteiger partial charge is 0.362 e. The van der Waals surface area contributed by atoms with Crippen LogP contribution in [-0.2, 0) is 0 Å². The SMILES string of the molecule is C/C=N\N1CN=C(SC)C(C#N)=C1N(C)C. The normalized spacial score (nSPS) is 16.4. The Hall–Kier alpha value is -1.48. The van der Waals surface area contributed by atoms with Gasteiger partial charge in [-0.05, 0) is 13.2 Å². The monoisotopic (exact) mass is 237 g/mol. The second kappa shape index (κ2) is 5.56. The van der Waals surface area contributed by atoms with Gasteiger partial charge in [-0.2, -0.15) is 10.4 Å². The highest BCUT2D eigenvalue weighted by Crippen LogP contribution is 2.23. The van der Waals surface area contributed by atoms with E-state index in [9.17, 15) is 5.26 Å². The quantitative estimate of drug-likeness (QED) is 0.680. The van der Waals surface area contributed by atoms with E-state index < -0.39 is 0 Å². The Labute approximate surface area is 100 Å². The fraction of sp³-hybridized carbons (Fsp3) is 0.500. The van der Waals surface area contributed by atoms with Crippen molar-refractivity contribution in [2.45, 2.75) is 6.92 Å². The first-order chi connectivity index (χ1) is 7.65. The number of hydrogen-bond donors (Lipinski definition) is 0. The smallest absolute Gasteiger partial charge is 0.147 e. The Morgan fingerprint density at radius 1 is 1.62 bits per heavy atom. The number of hydrogen-bond acceptors (Lipinski definition) is 6. The minimum absolute atomic E-state index is 0.458. The summed E-state index contributed by atoms with van der Waals surface area (Å²) in [6.07, 6.45) is 3.61. The lowest BCUT2D eigenvalue weighted by Crippen LogP contribution is -2.33. The molecule has 1 rings (SSSR count). The van der Waals surface area contributed by atoms with Gasteiger partial charge in [0.05, 0.1) is 0 Å². The summed E-state index contributed by atoms with van der Waals surface area (Å²) in [5.74, 6) is 0.792. The second-order valence-electron chi connectivity index (χ2n) is 3.29. The molecule has 0 unspecified atom stereocenters. The van der Waals surface area contributed by atoms with Gasteiger partial charge in [0, 0.05) is 20.3 Å². The lowest BCUT2D eigenvalue weighted by Gasteiger charge is -2.30.